The fraction of sp³-hybridized carbons (Fsp3) is 0.0714. The number of rotatable bonds is 3. The van der Waals surface area contributed by atoms with Crippen molar-refractivity contribution in [1.82, 2.24) is 0 Å². The number of amides is 1. The fourth-order valence-corrected chi connectivity index (χ4v) is 2.21. The molecule has 92 valence electrons. The van der Waals surface area contributed by atoms with Gasteiger partial charge in [-0.3, -0.25) is 4.79 Å². The van der Waals surface area contributed by atoms with E-state index in [-0.39, 0.29) is 0 Å². The van der Waals surface area contributed by atoms with E-state index in [0.29, 0.717) is 17.1 Å². The maximum Gasteiger partial charge on any atom is 0.250 e. The van der Waals surface area contributed by atoms with Crippen LogP contribution in [0.25, 0.3) is 11.1 Å². The highest BCUT2D eigenvalue weighted by Crippen LogP contribution is 2.32. The van der Waals surface area contributed by atoms with E-state index in [1.807, 2.05) is 30.3 Å². The Kier molecular flexibility index (Phi) is 3.65. The van der Waals surface area contributed by atoms with Crippen molar-refractivity contribution in [2.75, 3.05) is 0 Å². The number of carbonyl (C=O) groups excluding carboxylic acids is 1. The van der Waals surface area contributed by atoms with Gasteiger partial charge < -0.3 is 11.5 Å². The predicted molar refractivity (Wildman–Crippen MR) is 73.3 cm³/mol. The van der Waals surface area contributed by atoms with Gasteiger partial charge in [0, 0.05) is 12.1 Å². The van der Waals surface area contributed by atoms with Gasteiger partial charge >= 0.3 is 0 Å². The Morgan fingerprint density at radius 1 is 1.06 bits per heavy atom. The third-order valence-electron chi connectivity index (χ3n) is 2.79. The van der Waals surface area contributed by atoms with E-state index >= 15 is 0 Å². The SMILES string of the molecule is NCc1ccccc1-c1cccc(C(N)=O)c1Cl. The molecular weight excluding hydrogens is 248 g/mol. The first-order valence-corrected chi connectivity index (χ1v) is 5.89. The van der Waals surface area contributed by atoms with E-state index in [1.165, 1.54) is 0 Å². The number of halogens is 1. The zero-order valence-corrected chi connectivity index (χ0v) is 10.4. The second-order valence-corrected chi connectivity index (χ2v) is 4.27. The van der Waals surface area contributed by atoms with Gasteiger partial charge in [0.2, 0.25) is 5.91 Å². The van der Waals surface area contributed by atoms with Gasteiger partial charge in [-0.2, -0.15) is 0 Å². The summed E-state index contributed by atoms with van der Waals surface area (Å²) in [5.41, 5.74) is 14.0. The van der Waals surface area contributed by atoms with Gasteiger partial charge in [0.25, 0.3) is 0 Å². The smallest absolute Gasteiger partial charge is 0.250 e. The number of primary amides is 1. The summed E-state index contributed by atoms with van der Waals surface area (Å²) in [6, 6.07) is 12.9. The Balaban J connectivity index is 2.64. The van der Waals surface area contributed by atoms with Crippen molar-refractivity contribution < 1.29 is 4.79 Å². The molecule has 0 fully saturated rings. The Morgan fingerprint density at radius 3 is 2.39 bits per heavy atom. The number of nitrogens with two attached hydrogens (primary N) is 2. The Morgan fingerprint density at radius 2 is 1.72 bits per heavy atom. The van der Waals surface area contributed by atoms with Gasteiger partial charge in [-0.25, -0.2) is 0 Å². The van der Waals surface area contributed by atoms with Crippen LogP contribution >= 0.6 is 11.6 Å². The van der Waals surface area contributed by atoms with Crippen LogP contribution in [0.5, 0.6) is 0 Å². The normalized spacial score (nSPS) is 10.3. The van der Waals surface area contributed by atoms with Crippen LogP contribution in [0.2, 0.25) is 5.02 Å². The van der Waals surface area contributed by atoms with Crippen LogP contribution in [-0.4, -0.2) is 5.91 Å². The summed E-state index contributed by atoms with van der Waals surface area (Å²) < 4.78 is 0. The van der Waals surface area contributed by atoms with Crippen molar-refractivity contribution in [3.05, 3.63) is 58.6 Å². The molecule has 0 aromatic heterocycles. The molecule has 0 aliphatic heterocycles. The van der Waals surface area contributed by atoms with E-state index in [1.54, 1.807) is 12.1 Å². The molecule has 0 saturated heterocycles. The minimum atomic E-state index is -0.535. The average molecular weight is 261 g/mol. The van der Waals surface area contributed by atoms with Crippen LogP contribution in [0.4, 0.5) is 0 Å². The predicted octanol–water partition coefficient (Wildman–Crippen LogP) is 2.56. The number of hydrogen-bond acceptors (Lipinski definition) is 2. The zero-order valence-electron chi connectivity index (χ0n) is 9.69. The van der Waals surface area contributed by atoms with Crippen molar-refractivity contribution in [3.63, 3.8) is 0 Å². The molecular formula is C14H13ClN2O. The van der Waals surface area contributed by atoms with Crippen LogP contribution in [0, 0.1) is 0 Å². The highest BCUT2D eigenvalue weighted by Gasteiger charge is 2.13. The van der Waals surface area contributed by atoms with Gasteiger partial charge in [-0.05, 0) is 17.2 Å². The molecule has 0 aliphatic rings. The molecule has 4 N–H and O–H groups in total. The van der Waals surface area contributed by atoms with E-state index in [4.69, 9.17) is 23.1 Å². The lowest BCUT2D eigenvalue weighted by atomic mass is 9.98. The largest absolute Gasteiger partial charge is 0.366 e. The molecule has 0 atom stereocenters. The lowest BCUT2D eigenvalue weighted by Crippen LogP contribution is -2.11. The van der Waals surface area contributed by atoms with Crippen molar-refractivity contribution in [2.45, 2.75) is 6.54 Å². The molecule has 0 saturated carbocycles. The first-order chi connectivity index (χ1) is 8.65. The summed E-state index contributed by atoms with van der Waals surface area (Å²) in [5.74, 6) is -0.535. The van der Waals surface area contributed by atoms with Gasteiger partial charge in [-0.1, -0.05) is 48.0 Å². The van der Waals surface area contributed by atoms with Crippen LogP contribution in [-0.2, 0) is 6.54 Å². The standard InChI is InChI=1S/C14H13ClN2O/c15-13-11(6-3-7-12(13)14(17)18)10-5-2-1-4-9(10)8-16/h1-7H,8,16H2,(H2,17,18). The van der Waals surface area contributed by atoms with Crippen LogP contribution in [0.15, 0.2) is 42.5 Å². The number of benzene rings is 2. The third-order valence-corrected chi connectivity index (χ3v) is 3.20. The van der Waals surface area contributed by atoms with Crippen molar-refractivity contribution in [2.24, 2.45) is 11.5 Å². The highest BCUT2D eigenvalue weighted by molar-refractivity contribution is 6.36. The quantitative estimate of drug-likeness (QED) is 0.890. The Labute approximate surface area is 110 Å². The molecule has 0 bridgehead atoms. The molecule has 18 heavy (non-hydrogen) atoms. The van der Waals surface area contributed by atoms with E-state index in [9.17, 15) is 4.79 Å². The molecule has 0 radical (unpaired) electrons. The molecule has 0 aliphatic carbocycles. The molecule has 2 aromatic rings. The van der Waals surface area contributed by atoms with E-state index in [2.05, 4.69) is 0 Å². The van der Waals surface area contributed by atoms with Crippen LogP contribution in [0.3, 0.4) is 0 Å². The number of hydrogen-bond donors (Lipinski definition) is 2. The first-order valence-electron chi connectivity index (χ1n) is 5.51. The van der Waals surface area contributed by atoms with Crippen molar-refractivity contribution in [1.29, 1.82) is 0 Å². The second-order valence-electron chi connectivity index (χ2n) is 3.89. The summed E-state index contributed by atoms with van der Waals surface area (Å²) in [4.78, 5) is 11.3. The van der Waals surface area contributed by atoms with E-state index < -0.39 is 5.91 Å². The maximum atomic E-state index is 11.3. The molecule has 0 unspecified atom stereocenters. The minimum Gasteiger partial charge on any atom is -0.366 e. The summed E-state index contributed by atoms with van der Waals surface area (Å²) in [6.45, 7) is 0.410. The van der Waals surface area contributed by atoms with Crippen molar-refractivity contribution in [3.8, 4) is 11.1 Å². The van der Waals surface area contributed by atoms with Gasteiger partial charge in [0.15, 0.2) is 0 Å². The maximum absolute atomic E-state index is 11.3. The molecule has 0 heterocycles. The lowest BCUT2D eigenvalue weighted by molar-refractivity contribution is 0.100. The van der Waals surface area contributed by atoms with E-state index in [0.717, 1.165) is 16.7 Å². The van der Waals surface area contributed by atoms with Gasteiger partial charge in [0.05, 0.1) is 10.6 Å². The third kappa shape index (κ3) is 2.23. The fourth-order valence-electron chi connectivity index (χ4n) is 1.89. The van der Waals surface area contributed by atoms with Gasteiger partial charge in [0.1, 0.15) is 0 Å². The minimum absolute atomic E-state index is 0.320. The average Bonchev–Trinajstić information content (AvgIpc) is 2.38. The Hall–Kier alpha value is -1.84. The molecule has 1 amide bonds. The monoisotopic (exact) mass is 260 g/mol. The second kappa shape index (κ2) is 5.21. The lowest BCUT2D eigenvalue weighted by Gasteiger charge is -2.11. The summed E-state index contributed by atoms with van der Waals surface area (Å²) in [5, 5.41) is 0.367. The topological polar surface area (TPSA) is 69.1 Å². The first kappa shape index (κ1) is 12.6. The molecule has 0 spiro atoms. The van der Waals surface area contributed by atoms with Crippen LogP contribution in [0.1, 0.15) is 15.9 Å². The molecule has 2 aromatic carbocycles. The zero-order chi connectivity index (χ0) is 13.1. The highest BCUT2D eigenvalue weighted by atomic mass is 35.5. The van der Waals surface area contributed by atoms with Gasteiger partial charge in [-0.15, -0.1) is 0 Å². The Bertz CT molecular complexity index is 596. The molecule has 4 heteroatoms. The summed E-state index contributed by atoms with van der Waals surface area (Å²) >= 11 is 6.23. The summed E-state index contributed by atoms with van der Waals surface area (Å²) in [7, 11) is 0. The van der Waals surface area contributed by atoms with Crippen LogP contribution < -0.4 is 11.5 Å². The number of carbonyl (C=O) groups is 1. The summed E-state index contributed by atoms with van der Waals surface area (Å²) in [6.07, 6.45) is 0. The molecule has 2 rings (SSSR count). The molecule has 3 nitrogen and oxygen atoms in total. The van der Waals surface area contributed by atoms with Crippen molar-refractivity contribution >= 4 is 17.5 Å².